The minimum absolute atomic E-state index is 0.0614. The normalized spacial score (nSPS) is 18.6. The van der Waals surface area contributed by atoms with Crippen molar-refractivity contribution in [2.24, 2.45) is 5.92 Å². The SMILES string of the molecule is Cc1ccccc1[C@H]1CN(C(=O)OC(C)(C)C)CCC1C(=O)N(C)Cc1cc(C(F)(F)F)cc(C(F)(F)F)c1. The van der Waals surface area contributed by atoms with Gasteiger partial charge in [-0.1, -0.05) is 24.3 Å². The maximum atomic E-state index is 13.6. The largest absolute Gasteiger partial charge is 0.444 e. The molecule has 0 bridgehead atoms. The van der Waals surface area contributed by atoms with E-state index < -0.39 is 59.5 Å². The van der Waals surface area contributed by atoms with Crippen LogP contribution in [0.15, 0.2) is 42.5 Å². The average molecular weight is 559 g/mol. The van der Waals surface area contributed by atoms with Crippen LogP contribution in [-0.4, -0.2) is 47.5 Å². The molecule has 1 heterocycles. The van der Waals surface area contributed by atoms with Crippen LogP contribution in [0.2, 0.25) is 0 Å². The molecule has 11 heteroatoms. The standard InChI is InChI=1S/C28H32F6N2O3/c1-17-8-6-7-9-21(17)23-16-36(25(38)39-26(2,3)4)11-10-22(23)24(37)35(5)15-18-12-19(27(29,30)31)14-20(13-18)28(32,33)34/h6-9,12-14,22-23H,10-11,15-16H2,1-5H3/t22?,23-/m1/s1. The van der Waals surface area contributed by atoms with Crippen LogP contribution in [0.3, 0.4) is 0 Å². The number of alkyl halides is 6. The summed E-state index contributed by atoms with van der Waals surface area (Å²) in [5, 5.41) is 0. The molecule has 2 aromatic rings. The molecular formula is C28H32F6N2O3. The van der Waals surface area contributed by atoms with Crippen LogP contribution in [0.4, 0.5) is 31.1 Å². The van der Waals surface area contributed by atoms with Gasteiger partial charge in [-0.2, -0.15) is 26.3 Å². The van der Waals surface area contributed by atoms with E-state index in [4.69, 9.17) is 4.74 Å². The highest BCUT2D eigenvalue weighted by Gasteiger charge is 2.40. The fourth-order valence-electron chi connectivity index (χ4n) is 4.80. The van der Waals surface area contributed by atoms with Gasteiger partial charge < -0.3 is 14.5 Å². The third-order valence-corrected chi connectivity index (χ3v) is 6.61. The first-order valence-electron chi connectivity index (χ1n) is 12.4. The fourth-order valence-corrected chi connectivity index (χ4v) is 4.80. The molecule has 0 saturated carbocycles. The van der Waals surface area contributed by atoms with Gasteiger partial charge in [0, 0.05) is 38.5 Å². The molecule has 214 valence electrons. The van der Waals surface area contributed by atoms with Gasteiger partial charge in [-0.15, -0.1) is 0 Å². The zero-order valence-electron chi connectivity index (χ0n) is 22.4. The van der Waals surface area contributed by atoms with E-state index in [1.54, 1.807) is 26.8 Å². The first kappa shape index (κ1) is 30.3. The summed E-state index contributed by atoms with van der Waals surface area (Å²) in [6.45, 7) is 7.04. The number of rotatable bonds is 4. The number of hydrogen-bond donors (Lipinski definition) is 0. The third kappa shape index (κ3) is 7.67. The van der Waals surface area contributed by atoms with Crippen LogP contribution in [0.5, 0.6) is 0 Å². The molecule has 1 aliphatic rings. The quantitative estimate of drug-likeness (QED) is 0.379. The molecule has 0 aliphatic carbocycles. The van der Waals surface area contributed by atoms with Crippen molar-refractivity contribution in [3.63, 3.8) is 0 Å². The van der Waals surface area contributed by atoms with Crippen LogP contribution in [0.1, 0.15) is 60.9 Å². The molecule has 3 rings (SSSR count). The Morgan fingerprint density at radius 3 is 2.05 bits per heavy atom. The maximum absolute atomic E-state index is 13.6. The van der Waals surface area contributed by atoms with E-state index in [0.29, 0.717) is 12.1 Å². The monoisotopic (exact) mass is 558 g/mol. The molecule has 1 aliphatic heterocycles. The summed E-state index contributed by atoms with van der Waals surface area (Å²) in [5.41, 5.74) is -2.15. The molecule has 1 saturated heterocycles. The first-order valence-corrected chi connectivity index (χ1v) is 12.4. The fraction of sp³-hybridized carbons (Fsp3) is 0.500. The summed E-state index contributed by atoms with van der Waals surface area (Å²) < 4.78 is 85.4. The first-order chi connectivity index (χ1) is 17.9. The molecule has 0 aromatic heterocycles. The van der Waals surface area contributed by atoms with Crippen molar-refractivity contribution < 1.29 is 40.7 Å². The molecule has 2 aromatic carbocycles. The van der Waals surface area contributed by atoms with Crippen molar-refractivity contribution in [1.82, 2.24) is 9.80 Å². The molecule has 0 radical (unpaired) electrons. The van der Waals surface area contributed by atoms with Crippen LogP contribution in [0, 0.1) is 12.8 Å². The number of hydrogen-bond acceptors (Lipinski definition) is 3. The number of nitrogens with zero attached hydrogens (tertiary/aromatic N) is 2. The summed E-state index contributed by atoms with van der Waals surface area (Å²) in [5.74, 6) is -1.53. The lowest BCUT2D eigenvalue weighted by Gasteiger charge is -2.40. The lowest BCUT2D eigenvalue weighted by Crippen LogP contribution is -2.49. The highest BCUT2D eigenvalue weighted by atomic mass is 19.4. The number of ether oxygens (including phenoxy) is 1. The van der Waals surface area contributed by atoms with Gasteiger partial charge in [0.25, 0.3) is 0 Å². The topological polar surface area (TPSA) is 49.9 Å². The van der Waals surface area contributed by atoms with Crippen LogP contribution < -0.4 is 0 Å². The van der Waals surface area contributed by atoms with Crippen molar-refractivity contribution in [3.8, 4) is 0 Å². The molecule has 0 spiro atoms. The van der Waals surface area contributed by atoms with E-state index in [9.17, 15) is 35.9 Å². The Labute approximate surface area is 223 Å². The highest BCUT2D eigenvalue weighted by molar-refractivity contribution is 5.80. The van der Waals surface area contributed by atoms with Gasteiger partial charge in [0.15, 0.2) is 0 Å². The van der Waals surface area contributed by atoms with Crippen molar-refractivity contribution in [3.05, 3.63) is 70.3 Å². The van der Waals surface area contributed by atoms with E-state index in [1.165, 1.54) is 11.9 Å². The Morgan fingerprint density at radius 2 is 1.54 bits per heavy atom. The molecule has 5 nitrogen and oxygen atoms in total. The van der Waals surface area contributed by atoms with Crippen molar-refractivity contribution in [2.45, 2.75) is 64.5 Å². The number of piperidine rings is 1. The molecule has 1 fully saturated rings. The van der Waals surface area contributed by atoms with Gasteiger partial charge >= 0.3 is 18.4 Å². The number of benzene rings is 2. The lowest BCUT2D eigenvalue weighted by molar-refractivity contribution is -0.143. The maximum Gasteiger partial charge on any atom is 0.416 e. The summed E-state index contributed by atoms with van der Waals surface area (Å²) >= 11 is 0. The number of carbonyl (C=O) groups excluding carboxylic acids is 2. The van der Waals surface area contributed by atoms with Crippen LogP contribution in [-0.2, 0) is 28.4 Å². The zero-order chi connectivity index (χ0) is 29.3. The predicted octanol–water partition coefficient (Wildman–Crippen LogP) is 7.03. The summed E-state index contributed by atoms with van der Waals surface area (Å²) in [6, 6.07) is 8.68. The number of amides is 2. The smallest absolute Gasteiger partial charge is 0.416 e. The van der Waals surface area contributed by atoms with Gasteiger partial charge in [0.1, 0.15) is 5.60 Å². The number of halogens is 6. The van der Waals surface area contributed by atoms with Gasteiger partial charge in [-0.25, -0.2) is 4.79 Å². The molecule has 2 atom stereocenters. The predicted molar refractivity (Wildman–Crippen MR) is 133 cm³/mol. The van der Waals surface area contributed by atoms with Crippen molar-refractivity contribution in [1.29, 1.82) is 0 Å². The number of likely N-dealkylation sites (tertiary alicyclic amines) is 1. The van der Waals surface area contributed by atoms with Gasteiger partial charge in [-0.05, 0) is 69.0 Å². The van der Waals surface area contributed by atoms with Gasteiger partial charge in [0.2, 0.25) is 5.91 Å². The zero-order valence-corrected chi connectivity index (χ0v) is 22.4. The van der Waals surface area contributed by atoms with Crippen molar-refractivity contribution in [2.75, 3.05) is 20.1 Å². The lowest BCUT2D eigenvalue weighted by atomic mass is 9.78. The summed E-state index contributed by atoms with van der Waals surface area (Å²) in [6.07, 6.45) is -10.2. The molecule has 39 heavy (non-hydrogen) atoms. The second-order valence-corrected chi connectivity index (χ2v) is 10.9. The third-order valence-electron chi connectivity index (χ3n) is 6.61. The Kier molecular flexibility index (Phi) is 8.62. The van der Waals surface area contributed by atoms with E-state index in [2.05, 4.69) is 0 Å². The van der Waals surface area contributed by atoms with E-state index in [0.717, 1.165) is 16.0 Å². The Balaban J connectivity index is 1.90. The second kappa shape index (κ2) is 11.1. The van der Waals surface area contributed by atoms with Gasteiger partial charge in [0.05, 0.1) is 11.1 Å². The summed E-state index contributed by atoms with van der Waals surface area (Å²) in [4.78, 5) is 29.1. The van der Waals surface area contributed by atoms with Crippen LogP contribution >= 0.6 is 0 Å². The number of carbonyl (C=O) groups is 2. The number of aryl methyl sites for hydroxylation is 1. The Hall–Kier alpha value is -3.24. The highest BCUT2D eigenvalue weighted by Crippen LogP contribution is 2.38. The second-order valence-electron chi connectivity index (χ2n) is 10.9. The van der Waals surface area contributed by atoms with Gasteiger partial charge in [-0.3, -0.25) is 4.79 Å². The van der Waals surface area contributed by atoms with E-state index >= 15 is 0 Å². The summed E-state index contributed by atoms with van der Waals surface area (Å²) in [7, 11) is 1.35. The Morgan fingerprint density at radius 1 is 0.974 bits per heavy atom. The molecule has 0 N–H and O–H groups in total. The van der Waals surface area contributed by atoms with E-state index in [-0.39, 0.29) is 31.1 Å². The average Bonchev–Trinajstić information content (AvgIpc) is 2.81. The molecule has 1 unspecified atom stereocenters. The molecular weight excluding hydrogens is 526 g/mol. The van der Waals surface area contributed by atoms with Crippen LogP contribution in [0.25, 0.3) is 0 Å². The minimum Gasteiger partial charge on any atom is -0.444 e. The van der Waals surface area contributed by atoms with E-state index in [1.807, 2.05) is 25.1 Å². The molecule has 2 amide bonds. The Bertz CT molecular complexity index is 1170. The minimum atomic E-state index is -4.98. The van der Waals surface area contributed by atoms with Crippen molar-refractivity contribution >= 4 is 12.0 Å².